The monoisotopic (exact) mass is 375 g/mol. The lowest BCUT2D eigenvalue weighted by Crippen LogP contribution is -2.40. The summed E-state index contributed by atoms with van der Waals surface area (Å²) < 4.78 is 5.75. The number of ether oxygens (including phenoxy) is 1. The van der Waals surface area contributed by atoms with E-state index in [9.17, 15) is 14.7 Å². The zero-order valence-electron chi connectivity index (χ0n) is 16.5. The molecule has 1 N–H and O–H groups in total. The van der Waals surface area contributed by atoms with E-state index in [1.54, 1.807) is 24.3 Å². The minimum atomic E-state index is -0.925. The Morgan fingerprint density at radius 3 is 2.30 bits per heavy atom. The number of rotatable bonds is 12. The van der Waals surface area contributed by atoms with Crippen molar-refractivity contribution in [3.63, 3.8) is 0 Å². The van der Waals surface area contributed by atoms with Crippen molar-refractivity contribution in [3.8, 4) is 5.75 Å². The van der Waals surface area contributed by atoms with Crippen molar-refractivity contribution in [2.24, 2.45) is 0 Å². The van der Waals surface area contributed by atoms with E-state index in [-0.39, 0.29) is 5.91 Å². The van der Waals surface area contributed by atoms with Crippen LogP contribution in [0.3, 0.4) is 0 Å². The van der Waals surface area contributed by atoms with Gasteiger partial charge in [-0.15, -0.1) is 0 Å². The molecule has 0 spiro atoms. The molecular weight excluding hydrogens is 342 g/mol. The second-order valence-corrected chi connectivity index (χ2v) is 7.34. The number of benzene rings is 1. The molecule has 0 aromatic heterocycles. The highest BCUT2D eigenvalue weighted by Crippen LogP contribution is 2.22. The largest absolute Gasteiger partial charge is 0.494 e. The predicted molar refractivity (Wildman–Crippen MR) is 106 cm³/mol. The molecule has 150 valence electrons. The van der Waals surface area contributed by atoms with Gasteiger partial charge in [0.1, 0.15) is 11.8 Å². The normalized spacial score (nSPS) is 16.5. The second-order valence-electron chi connectivity index (χ2n) is 7.34. The lowest BCUT2D eigenvalue weighted by Gasteiger charge is -2.21. The fraction of sp³-hybridized carbons (Fsp3) is 0.636. The van der Waals surface area contributed by atoms with Crippen LogP contribution in [0.5, 0.6) is 5.75 Å². The van der Waals surface area contributed by atoms with Crippen LogP contribution in [0.15, 0.2) is 24.3 Å². The number of carboxylic acid groups (broad SMARTS) is 1. The van der Waals surface area contributed by atoms with E-state index in [1.807, 2.05) is 0 Å². The topological polar surface area (TPSA) is 66.8 Å². The van der Waals surface area contributed by atoms with Crippen molar-refractivity contribution in [2.75, 3.05) is 13.2 Å². The van der Waals surface area contributed by atoms with Crippen molar-refractivity contribution in [3.05, 3.63) is 29.8 Å². The maximum atomic E-state index is 12.5. The third kappa shape index (κ3) is 6.89. The second kappa shape index (κ2) is 11.6. The number of nitrogens with zero attached hydrogens (tertiary/aromatic N) is 1. The summed E-state index contributed by atoms with van der Waals surface area (Å²) in [4.78, 5) is 25.2. The van der Waals surface area contributed by atoms with Crippen LogP contribution in [0, 0.1) is 0 Å². The molecule has 1 heterocycles. The first-order chi connectivity index (χ1) is 13.1. The molecule has 2 rings (SSSR count). The number of unbranched alkanes of at least 4 members (excludes halogenated alkanes) is 7. The van der Waals surface area contributed by atoms with E-state index in [1.165, 1.54) is 49.8 Å². The van der Waals surface area contributed by atoms with E-state index in [0.29, 0.717) is 25.1 Å². The Bertz CT molecular complexity index is 584. The number of amides is 1. The van der Waals surface area contributed by atoms with Gasteiger partial charge in [0.25, 0.3) is 5.91 Å². The molecule has 1 aromatic rings. The van der Waals surface area contributed by atoms with Crippen LogP contribution in [-0.2, 0) is 4.79 Å². The lowest BCUT2D eigenvalue weighted by atomic mass is 10.1. The Labute approximate surface area is 162 Å². The molecule has 0 radical (unpaired) electrons. The summed E-state index contributed by atoms with van der Waals surface area (Å²) in [5, 5.41) is 9.22. The molecule has 1 amide bonds. The highest BCUT2D eigenvalue weighted by molar-refractivity contribution is 5.97. The summed E-state index contributed by atoms with van der Waals surface area (Å²) in [6.07, 6.45) is 11.4. The number of carboxylic acids is 1. The first kappa shape index (κ1) is 21.3. The lowest BCUT2D eigenvalue weighted by molar-refractivity contribution is -0.141. The summed E-state index contributed by atoms with van der Waals surface area (Å²) in [5.74, 6) is -0.383. The number of likely N-dealkylation sites (tertiary alicyclic amines) is 1. The van der Waals surface area contributed by atoms with Crippen LogP contribution in [0.4, 0.5) is 0 Å². The van der Waals surface area contributed by atoms with E-state index in [2.05, 4.69) is 6.92 Å². The van der Waals surface area contributed by atoms with Gasteiger partial charge in [-0.1, -0.05) is 51.9 Å². The van der Waals surface area contributed by atoms with Crippen LogP contribution >= 0.6 is 0 Å². The average molecular weight is 376 g/mol. The highest BCUT2D eigenvalue weighted by Gasteiger charge is 2.34. The fourth-order valence-electron chi connectivity index (χ4n) is 3.55. The molecule has 5 nitrogen and oxygen atoms in total. The Balaban J connectivity index is 1.68. The van der Waals surface area contributed by atoms with Gasteiger partial charge >= 0.3 is 5.97 Å². The van der Waals surface area contributed by atoms with Crippen LogP contribution in [0.25, 0.3) is 0 Å². The smallest absolute Gasteiger partial charge is 0.326 e. The number of hydrogen-bond donors (Lipinski definition) is 1. The third-order valence-corrected chi connectivity index (χ3v) is 5.17. The van der Waals surface area contributed by atoms with Gasteiger partial charge in [-0.3, -0.25) is 4.79 Å². The van der Waals surface area contributed by atoms with Gasteiger partial charge in [0, 0.05) is 12.1 Å². The Hall–Kier alpha value is -2.04. The number of aliphatic carboxylic acids is 1. The maximum Gasteiger partial charge on any atom is 0.326 e. The SMILES string of the molecule is CCCCCCCCCCOc1ccc(C(=O)N2CCC[C@H]2C(=O)O)cc1. The molecule has 0 aliphatic carbocycles. The minimum absolute atomic E-state index is 0.213. The van der Waals surface area contributed by atoms with Gasteiger partial charge in [0.2, 0.25) is 0 Å². The molecule has 1 aromatic carbocycles. The van der Waals surface area contributed by atoms with Crippen LogP contribution in [0.1, 0.15) is 81.5 Å². The van der Waals surface area contributed by atoms with E-state index >= 15 is 0 Å². The van der Waals surface area contributed by atoms with E-state index in [4.69, 9.17) is 4.74 Å². The van der Waals surface area contributed by atoms with Crippen molar-refractivity contribution in [1.82, 2.24) is 4.90 Å². The summed E-state index contributed by atoms with van der Waals surface area (Å²) >= 11 is 0. The molecule has 5 heteroatoms. The number of carbonyl (C=O) groups is 2. The molecule has 1 aliphatic rings. The van der Waals surface area contributed by atoms with Crippen molar-refractivity contribution in [1.29, 1.82) is 0 Å². The molecule has 0 bridgehead atoms. The summed E-state index contributed by atoms with van der Waals surface area (Å²) in [5.41, 5.74) is 0.516. The van der Waals surface area contributed by atoms with Crippen LogP contribution < -0.4 is 4.74 Å². The zero-order valence-corrected chi connectivity index (χ0v) is 16.5. The molecular formula is C22H33NO4. The van der Waals surface area contributed by atoms with Crippen molar-refractivity contribution >= 4 is 11.9 Å². The molecule has 27 heavy (non-hydrogen) atoms. The van der Waals surface area contributed by atoms with Gasteiger partial charge in [-0.2, -0.15) is 0 Å². The molecule has 0 saturated carbocycles. The molecule has 1 saturated heterocycles. The minimum Gasteiger partial charge on any atom is -0.494 e. The van der Waals surface area contributed by atoms with Crippen molar-refractivity contribution < 1.29 is 19.4 Å². The van der Waals surface area contributed by atoms with Gasteiger partial charge in [-0.25, -0.2) is 4.79 Å². The third-order valence-electron chi connectivity index (χ3n) is 5.17. The van der Waals surface area contributed by atoms with E-state index in [0.717, 1.165) is 18.6 Å². The number of hydrogen-bond acceptors (Lipinski definition) is 3. The first-order valence-corrected chi connectivity index (χ1v) is 10.4. The van der Waals surface area contributed by atoms with Gasteiger partial charge < -0.3 is 14.7 Å². The molecule has 1 atom stereocenters. The maximum absolute atomic E-state index is 12.5. The van der Waals surface area contributed by atoms with Crippen LogP contribution in [0.2, 0.25) is 0 Å². The fourth-order valence-corrected chi connectivity index (χ4v) is 3.55. The van der Waals surface area contributed by atoms with Crippen LogP contribution in [-0.4, -0.2) is 41.1 Å². The van der Waals surface area contributed by atoms with Gasteiger partial charge in [0.15, 0.2) is 0 Å². The summed E-state index contributed by atoms with van der Waals surface area (Å²) in [6.45, 7) is 3.43. The van der Waals surface area contributed by atoms with Crippen molar-refractivity contribution in [2.45, 2.75) is 77.2 Å². The zero-order chi connectivity index (χ0) is 19.5. The highest BCUT2D eigenvalue weighted by atomic mass is 16.5. The predicted octanol–water partition coefficient (Wildman–Crippen LogP) is 4.90. The molecule has 0 unspecified atom stereocenters. The molecule has 1 fully saturated rings. The average Bonchev–Trinajstić information content (AvgIpc) is 3.17. The Morgan fingerprint density at radius 2 is 1.67 bits per heavy atom. The number of carbonyl (C=O) groups excluding carboxylic acids is 1. The Kier molecular flexibility index (Phi) is 9.16. The first-order valence-electron chi connectivity index (χ1n) is 10.4. The quantitative estimate of drug-likeness (QED) is 0.528. The molecule has 1 aliphatic heterocycles. The Morgan fingerprint density at radius 1 is 1.04 bits per heavy atom. The van der Waals surface area contributed by atoms with Gasteiger partial charge in [-0.05, 0) is 43.5 Å². The summed E-state index contributed by atoms with van der Waals surface area (Å²) in [7, 11) is 0. The van der Waals surface area contributed by atoms with Gasteiger partial charge in [0.05, 0.1) is 6.61 Å². The van der Waals surface area contributed by atoms with E-state index < -0.39 is 12.0 Å². The summed E-state index contributed by atoms with van der Waals surface area (Å²) in [6, 6.07) is 6.34. The standard InChI is InChI=1S/C22H33NO4/c1-2-3-4-5-6-7-8-9-17-27-19-14-12-18(13-15-19)21(24)23-16-10-11-20(23)22(25)26/h12-15,20H,2-11,16-17H2,1H3,(H,25,26)/t20-/m0/s1.